The zero-order valence-electron chi connectivity index (χ0n) is 6.43. The van der Waals surface area contributed by atoms with Crippen LogP contribution in [-0.4, -0.2) is 10.8 Å². The number of hydrogen-bond donors (Lipinski definition) is 2. The van der Waals surface area contributed by atoms with Gasteiger partial charge in [-0.2, -0.15) is 0 Å². The van der Waals surface area contributed by atoms with E-state index >= 15 is 0 Å². The number of rotatable bonds is 0. The van der Waals surface area contributed by atoms with Crippen LogP contribution < -0.4 is 5.73 Å². The number of halogens is 1. The van der Waals surface area contributed by atoms with Crippen LogP contribution >= 0.6 is 12.4 Å². The van der Waals surface area contributed by atoms with Crippen LogP contribution in [0.25, 0.3) is 0 Å². The molecule has 0 aromatic heterocycles. The Labute approximate surface area is 62.9 Å². The molecular weight excluding hydrogens is 138 g/mol. The van der Waals surface area contributed by atoms with Crippen LogP contribution in [0.5, 0.6) is 0 Å². The van der Waals surface area contributed by atoms with Crippen LogP contribution in [0.3, 0.4) is 0 Å². The minimum absolute atomic E-state index is 0. The Morgan fingerprint density at radius 2 is 1.22 bits per heavy atom. The molecule has 0 saturated carbocycles. The third kappa shape index (κ3) is 3.73. The van der Waals surface area contributed by atoms with E-state index < -0.39 is 5.72 Å². The molecule has 0 aromatic carbocycles. The highest BCUT2D eigenvalue weighted by atomic mass is 35.5. The average Bonchev–Trinajstić information content (AvgIpc) is 1.25. The van der Waals surface area contributed by atoms with Gasteiger partial charge in [-0.3, -0.25) is 0 Å². The molecule has 0 bridgehead atoms. The highest BCUT2D eigenvalue weighted by Gasteiger charge is 2.30. The second kappa shape index (κ2) is 2.86. The fourth-order valence-corrected chi connectivity index (χ4v) is 0. The van der Waals surface area contributed by atoms with Gasteiger partial charge in [0.2, 0.25) is 0 Å². The van der Waals surface area contributed by atoms with Gasteiger partial charge < -0.3 is 10.8 Å². The molecule has 0 aromatic rings. The van der Waals surface area contributed by atoms with Gasteiger partial charge in [0.25, 0.3) is 0 Å². The Balaban J connectivity index is 0. The minimum Gasteiger partial charge on any atom is -0.376 e. The molecule has 3 N–H and O–H groups in total. The molecule has 0 aliphatic rings. The molecule has 58 valence electrons. The first-order chi connectivity index (χ1) is 3.25. The number of hydrogen-bond acceptors (Lipinski definition) is 2. The molecule has 1 atom stereocenters. The SMILES string of the molecule is CC(C)(C)C(C)(N)O.Cl. The van der Waals surface area contributed by atoms with Crippen molar-refractivity contribution >= 4 is 12.4 Å². The summed E-state index contributed by atoms with van der Waals surface area (Å²) >= 11 is 0. The van der Waals surface area contributed by atoms with E-state index in [1.165, 1.54) is 0 Å². The monoisotopic (exact) mass is 153 g/mol. The molecule has 0 amide bonds. The maximum atomic E-state index is 9.13. The summed E-state index contributed by atoms with van der Waals surface area (Å²) in [7, 11) is 0. The van der Waals surface area contributed by atoms with Crippen LogP contribution in [0.2, 0.25) is 0 Å². The molecule has 1 unspecified atom stereocenters. The van der Waals surface area contributed by atoms with Crippen molar-refractivity contribution < 1.29 is 5.11 Å². The van der Waals surface area contributed by atoms with E-state index in [0.29, 0.717) is 0 Å². The maximum absolute atomic E-state index is 9.13. The summed E-state index contributed by atoms with van der Waals surface area (Å²) in [6, 6.07) is 0. The fraction of sp³-hybridized carbons (Fsp3) is 1.00. The highest BCUT2D eigenvalue weighted by molar-refractivity contribution is 5.85. The molecule has 2 nitrogen and oxygen atoms in total. The van der Waals surface area contributed by atoms with Gasteiger partial charge in [-0.25, -0.2) is 0 Å². The van der Waals surface area contributed by atoms with Gasteiger partial charge in [0.1, 0.15) is 5.72 Å². The Morgan fingerprint density at radius 3 is 1.22 bits per heavy atom. The summed E-state index contributed by atoms with van der Waals surface area (Å²) in [5.41, 5.74) is 4.08. The molecule has 0 spiro atoms. The number of nitrogens with two attached hydrogens (primary N) is 1. The van der Waals surface area contributed by atoms with Crippen LogP contribution in [0, 0.1) is 5.41 Å². The van der Waals surface area contributed by atoms with Gasteiger partial charge in [0.05, 0.1) is 0 Å². The maximum Gasteiger partial charge on any atom is 0.115 e. The predicted molar refractivity (Wildman–Crippen MR) is 41.5 cm³/mol. The summed E-state index contributed by atoms with van der Waals surface area (Å²) in [5.74, 6) is 0. The van der Waals surface area contributed by atoms with E-state index in [-0.39, 0.29) is 17.8 Å². The molecule has 0 fully saturated rings. The second-order valence-electron chi connectivity index (χ2n) is 3.40. The standard InChI is InChI=1S/C6H15NO.ClH/c1-5(2,3)6(4,7)8;/h8H,7H2,1-4H3;1H. The molecule has 9 heavy (non-hydrogen) atoms. The van der Waals surface area contributed by atoms with E-state index in [1.54, 1.807) is 6.92 Å². The summed E-state index contributed by atoms with van der Waals surface area (Å²) in [5, 5.41) is 9.13. The Bertz CT molecular complexity index is 68.0. The quantitative estimate of drug-likeness (QED) is 0.513. The smallest absolute Gasteiger partial charge is 0.115 e. The van der Waals surface area contributed by atoms with Crippen LogP contribution in [0.15, 0.2) is 0 Å². The molecule has 0 aliphatic heterocycles. The largest absolute Gasteiger partial charge is 0.376 e. The molecule has 0 rings (SSSR count). The van der Waals surface area contributed by atoms with Gasteiger partial charge in [0.15, 0.2) is 0 Å². The topological polar surface area (TPSA) is 46.2 Å². The van der Waals surface area contributed by atoms with Crippen molar-refractivity contribution in [2.75, 3.05) is 0 Å². The van der Waals surface area contributed by atoms with Crippen molar-refractivity contribution in [1.29, 1.82) is 0 Å². The van der Waals surface area contributed by atoms with Crippen molar-refractivity contribution in [3.8, 4) is 0 Å². The Morgan fingerprint density at radius 1 is 1.11 bits per heavy atom. The summed E-state index contributed by atoms with van der Waals surface area (Å²) < 4.78 is 0. The van der Waals surface area contributed by atoms with E-state index in [2.05, 4.69) is 0 Å². The molecular formula is C6H16ClNO. The first-order valence-electron chi connectivity index (χ1n) is 2.76. The second-order valence-corrected chi connectivity index (χ2v) is 3.40. The van der Waals surface area contributed by atoms with Gasteiger partial charge in [-0.15, -0.1) is 12.4 Å². The third-order valence-electron chi connectivity index (χ3n) is 1.52. The van der Waals surface area contributed by atoms with Crippen molar-refractivity contribution in [3.63, 3.8) is 0 Å². The lowest BCUT2D eigenvalue weighted by molar-refractivity contribution is -0.0354. The van der Waals surface area contributed by atoms with E-state index in [1.807, 2.05) is 20.8 Å². The minimum atomic E-state index is -1.06. The highest BCUT2D eigenvalue weighted by Crippen LogP contribution is 2.24. The third-order valence-corrected chi connectivity index (χ3v) is 1.52. The van der Waals surface area contributed by atoms with E-state index in [4.69, 9.17) is 10.8 Å². The van der Waals surface area contributed by atoms with Crippen LogP contribution in [0.1, 0.15) is 27.7 Å². The van der Waals surface area contributed by atoms with E-state index in [9.17, 15) is 0 Å². The molecule has 0 saturated heterocycles. The first-order valence-corrected chi connectivity index (χ1v) is 2.76. The zero-order valence-corrected chi connectivity index (χ0v) is 7.25. The summed E-state index contributed by atoms with van der Waals surface area (Å²) in [6.45, 7) is 7.29. The number of aliphatic hydroxyl groups is 1. The van der Waals surface area contributed by atoms with Gasteiger partial charge in [0, 0.05) is 5.41 Å². The van der Waals surface area contributed by atoms with Gasteiger partial charge in [-0.1, -0.05) is 20.8 Å². The lowest BCUT2D eigenvalue weighted by Gasteiger charge is -2.32. The predicted octanol–water partition coefficient (Wildman–Crippen LogP) is 1.12. The Kier molecular flexibility index (Phi) is 3.80. The molecule has 0 radical (unpaired) electrons. The van der Waals surface area contributed by atoms with Crippen LogP contribution in [-0.2, 0) is 0 Å². The van der Waals surface area contributed by atoms with Gasteiger partial charge in [-0.05, 0) is 6.92 Å². The van der Waals surface area contributed by atoms with Crippen LogP contribution in [0.4, 0.5) is 0 Å². The Hall–Kier alpha value is 0.210. The average molecular weight is 154 g/mol. The lowest BCUT2D eigenvalue weighted by Crippen LogP contribution is -2.48. The summed E-state index contributed by atoms with van der Waals surface area (Å²) in [6.07, 6.45) is 0. The van der Waals surface area contributed by atoms with Crippen molar-refractivity contribution in [3.05, 3.63) is 0 Å². The van der Waals surface area contributed by atoms with Gasteiger partial charge >= 0.3 is 0 Å². The summed E-state index contributed by atoms with van der Waals surface area (Å²) in [4.78, 5) is 0. The van der Waals surface area contributed by atoms with Crippen molar-refractivity contribution in [2.24, 2.45) is 11.1 Å². The molecule has 0 heterocycles. The van der Waals surface area contributed by atoms with Crippen molar-refractivity contribution in [1.82, 2.24) is 0 Å². The normalized spacial score (nSPS) is 18.0. The van der Waals surface area contributed by atoms with Crippen molar-refractivity contribution in [2.45, 2.75) is 33.4 Å². The zero-order chi connectivity index (χ0) is 7.00. The fourth-order valence-electron chi connectivity index (χ4n) is 0. The van der Waals surface area contributed by atoms with E-state index in [0.717, 1.165) is 0 Å². The first kappa shape index (κ1) is 11.9. The lowest BCUT2D eigenvalue weighted by atomic mass is 9.85. The molecule has 3 heteroatoms. The molecule has 0 aliphatic carbocycles.